The third-order valence-corrected chi connectivity index (χ3v) is 6.02. The second-order valence-electron chi connectivity index (χ2n) is 8.58. The van der Waals surface area contributed by atoms with Crippen molar-refractivity contribution in [2.45, 2.75) is 6.54 Å². The van der Waals surface area contributed by atoms with Gasteiger partial charge in [0.1, 0.15) is 12.3 Å². The number of nitrogens with one attached hydrogen (secondary N) is 1. The first-order valence-corrected chi connectivity index (χ1v) is 11.8. The number of nitro groups is 2. The van der Waals surface area contributed by atoms with Gasteiger partial charge in [0.2, 0.25) is 5.75 Å². The van der Waals surface area contributed by atoms with Crippen molar-refractivity contribution < 1.29 is 19.4 Å². The lowest BCUT2D eigenvalue weighted by Crippen LogP contribution is -2.25. The van der Waals surface area contributed by atoms with Crippen LogP contribution in [0.2, 0.25) is 0 Å². The number of hydrogen-bond acceptors (Lipinski definition) is 8. The van der Waals surface area contributed by atoms with Gasteiger partial charge in [-0.15, -0.1) is 0 Å². The highest BCUT2D eigenvalue weighted by molar-refractivity contribution is 5.95. The van der Waals surface area contributed by atoms with Crippen LogP contribution in [0.5, 0.6) is 11.5 Å². The summed E-state index contributed by atoms with van der Waals surface area (Å²) in [6.45, 7) is -0.0917. The lowest BCUT2D eigenvalue weighted by Gasteiger charge is -2.14. The molecule has 5 aromatic rings. The Labute approximate surface area is 225 Å². The molecule has 0 aliphatic carbocycles. The number of aromatic nitrogens is 1. The van der Waals surface area contributed by atoms with Gasteiger partial charge in [-0.2, -0.15) is 5.10 Å². The predicted octanol–water partition coefficient (Wildman–Crippen LogP) is 4.91. The van der Waals surface area contributed by atoms with Gasteiger partial charge in [-0.25, -0.2) is 5.43 Å². The highest BCUT2D eigenvalue weighted by atomic mass is 16.6. The quantitative estimate of drug-likeness (QED) is 0.127. The third-order valence-electron chi connectivity index (χ3n) is 6.02. The van der Waals surface area contributed by atoms with E-state index in [2.05, 4.69) is 10.5 Å². The van der Waals surface area contributed by atoms with E-state index in [0.717, 1.165) is 18.2 Å². The van der Waals surface area contributed by atoms with Crippen LogP contribution in [0.15, 0.2) is 101 Å². The molecule has 0 fully saturated rings. The van der Waals surface area contributed by atoms with Crippen LogP contribution in [-0.4, -0.2) is 26.5 Å². The van der Waals surface area contributed by atoms with Crippen molar-refractivity contribution in [1.82, 2.24) is 9.99 Å². The second-order valence-corrected chi connectivity index (χ2v) is 8.58. The molecule has 198 valence electrons. The van der Waals surface area contributed by atoms with E-state index < -0.39 is 27.1 Å². The van der Waals surface area contributed by atoms with Crippen LogP contribution in [0.25, 0.3) is 21.8 Å². The number of non-ortho nitro benzene ring substituents is 1. The van der Waals surface area contributed by atoms with Gasteiger partial charge in [0.25, 0.3) is 11.6 Å². The van der Waals surface area contributed by atoms with Gasteiger partial charge in [-0.05, 0) is 48.0 Å². The number of rotatable bonds is 8. The van der Waals surface area contributed by atoms with E-state index in [4.69, 9.17) is 4.74 Å². The first-order valence-electron chi connectivity index (χ1n) is 11.8. The Morgan fingerprint density at radius 3 is 2.20 bits per heavy atom. The molecule has 1 aromatic heterocycles. The Morgan fingerprint density at radius 2 is 1.55 bits per heavy atom. The summed E-state index contributed by atoms with van der Waals surface area (Å²) in [6.07, 6.45) is 1.37. The Morgan fingerprint density at radius 1 is 0.875 bits per heavy atom. The topological polar surface area (TPSA) is 159 Å². The van der Waals surface area contributed by atoms with Crippen LogP contribution in [0.1, 0.15) is 5.56 Å². The lowest BCUT2D eigenvalue weighted by atomic mass is 10.1. The number of hydrogen-bond donors (Lipinski definition) is 1. The molecule has 0 aliphatic rings. The smallest absolute Gasteiger partial charge is 0.318 e. The molecule has 5 rings (SSSR count). The summed E-state index contributed by atoms with van der Waals surface area (Å²) in [7, 11) is 0. The van der Waals surface area contributed by atoms with E-state index in [1.54, 1.807) is 71.3 Å². The number of nitrogens with zero attached hydrogens (tertiary/aromatic N) is 4. The standard InChI is InChI=1S/C28H19N5O7/c34-27(17-31-23-10-3-1-8-21(23)28(35)22-9-2-4-11-24(22)31)30-29-16-18-6-5-7-20(14-18)40-26-13-12-19(32(36)37)15-25(26)33(38)39/h1-16H,17H2,(H,30,34)/b29-16+. The van der Waals surface area contributed by atoms with Crippen molar-refractivity contribution in [3.63, 3.8) is 0 Å². The minimum atomic E-state index is -0.766. The number of hydrazone groups is 1. The van der Waals surface area contributed by atoms with Crippen molar-refractivity contribution in [1.29, 1.82) is 0 Å². The first kappa shape index (κ1) is 25.7. The van der Waals surface area contributed by atoms with E-state index in [0.29, 0.717) is 27.4 Å². The fourth-order valence-electron chi connectivity index (χ4n) is 4.24. The number of ether oxygens (including phenoxy) is 1. The summed E-state index contributed by atoms with van der Waals surface area (Å²) in [5, 5.41) is 27.3. The van der Waals surface area contributed by atoms with Crippen LogP contribution in [0.4, 0.5) is 11.4 Å². The van der Waals surface area contributed by atoms with Crippen molar-refractivity contribution in [3.8, 4) is 11.5 Å². The normalized spacial score (nSPS) is 11.1. The van der Waals surface area contributed by atoms with Gasteiger partial charge in [0, 0.05) is 16.8 Å². The Bertz CT molecular complexity index is 1840. The van der Waals surface area contributed by atoms with Gasteiger partial charge < -0.3 is 9.30 Å². The molecule has 0 spiro atoms. The van der Waals surface area contributed by atoms with Crippen LogP contribution in [0.3, 0.4) is 0 Å². The molecule has 0 unspecified atom stereocenters. The van der Waals surface area contributed by atoms with Crippen LogP contribution >= 0.6 is 0 Å². The number of pyridine rings is 1. The highest BCUT2D eigenvalue weighted by Gasteiger charge is 2.21. The van der Waals surface area contributed by atoms with Crippen molar-refractivity contribution >= 4 is 45.3 Å². The zero-order chi connectivity index (χ0) is 28.2. The number of carbonyl (C=O) groups excluding carboxylic acids is 1. The zero-order valence-electron chi connectivity index (χ0n) is 20.6. The fourth-order valence-corrected chi connectivity index (χ4v) is 4.24. The van der Waals surface area contributed by atoms with Crippen LogP contribution in [0, 0.1) is 20.2 Å². The van der Waals surface area contributed by atoms with Gasteiger partial charge in [-0.1, -0.05) is 36.4 Å². The van der Waals surface area contributed by atoms with E-state index in [1.807, 2.05) is 0 Å². The molecule has 12 nitrogen and oxygen atoms in total. The van der Waals surface area contributed by atoms with E-state index >= 15 is 0 Å². The van der Waals surface area contributed by atoms with Crippen LogP contribution < -0.4 is 15.6 Å². The van der Waals surface area contributed by atoms with Crippen molar-refractivity contribution in [2.24, 2.45) is 5.10 Å². The number of fused-ring (bicyclic) bond motifs is 2. The second kappa shape index (κ2) is 10.8. The SMILES string of the molecule is O=C(Cn1c2ccccc2c(=O)c2ccccc21)N/N=C/c1cccc(Oc2ccc([N+](=O)[O-])cc2[N+](=O)[O-])c1. The molecular formula is C28H19N5O7. The monoisotopic (exact) mass is 537 g/mol. The number of para-hydroxylation sites is 2. The molecule has 12 heteroatoms. The number of amides is 1. The Kier molecular flexibility index (Phi) is 6.97. The molecule has 0 saturated heterocycles. The largest absolute Gasteiger partial charge is 0.450 e. The van der Waals surface area contributed by atoms with E-state index in [9.17, 15) is 29.8 Å². The first-order chi connectivity index (χ1) is 19.3. The molecule has 1 amide bonds. The predicted molar refractivity (Wildman–Crippen MR) is 148 cm³/mol. The van der Waals surface area contributed by atoms with E-state index in [1.165, 1.54) is 12.3 Å². The Balaban J connectivity index is 1.33. The van der Waals surface area contributed by atoms with E-state index in [-0.39, 0.29) is 23.5 Å². The summed E-state index contributed by atoms with van der Waals surface area (Å²) < 4.78 is 7.35. The molecular weight excluding hydrogens is 518 g/mol. The third kappa shape index (κ3) is 5.22. The molecule has 0 atom stereocenters. The van der Waals surface area contributed by atoms with Crippen molar-refractivity contribution in [2.75, 3.05) is 0 Å². The number of nitro benzene ring substituents is 2. The molecule has 0 aliphatic heterocycles. The fraction of sp³-hybridized carbons (Fsp3) is 0.0357. The maximum absolute atomic E-state index is 12.9. The average molecular weight is 537 g/mol. The molecule has 1 heterocycles. The minimum Gasteiger partial charge on any atom is -0.450 e. The molecule has 0 radical (unpaired) electrons. The summed E-state index contributed by atoms with van der Waals surface area (Å²) in [4.78, 5) is 46.5. The van der Waals surface area contributed by atoms with Crippen molar-refractivity contribution in [3.05, 3.63) is 127 Å². The molecule has 4 aromatic carbocycles. The summed E-state index contributed by atoms with van der Waals surface area (Å²) in [5.74, 6) is -0.374. The Hall–Kier alpha value is -5.91. The number of benzene rings is 4. The molecule has 40 heavy (non-hydrogen) atoms. The summed E-state index contributed by atoms with van der Waals surface area (Å²) in [5.41, 5.74) is 3.13. The van der Waals surface area contributed by atoms with Gasteiger partial charge >= 0.3 is 5.69 Å². The lowest BCUT2D eigenvalue weighted by molar-refractivity contribution is -0.394. The molecule has 0 saturated carbocycles. The van der Waals surface area contributed by atoms with Crippen LogP contribution in [-0.2, 0) is 11.3 Å². The van der Waals surface area contributed by atoms with Gasteiger partial charge in [0.15, 0.2) is 5.43 Å². The van der Waals surface area contributed by atoms with Gasteiger partial charge in [0.05, 0.1) is 33.2 Å². The zero-order valence-corrected chi connectivity index (χ0v) is 20.6. The molecule has 0 bridgehead atoms. The summed E-state index contributed by atoms with van der Waals surface area (Å²) in [6, 6.07) is 23.6. The number of carbonyl (C=O) groups is 1. The average Bonchev–Trinajstić information content (AvgIpc) is 2.95. The highest BCUT2D eigenvalue weighted by Crippen LogP contribution is 2.34. The molecule has 1 N–H and O–H groups in total. The maximum Gasteiger partial charge on any atom is 0.318 e. The minimum absolute atomic E-state index is 0.0917. The summed E-state index contributed by atoms with van der Waals surface area (Å²) >= 11 is 0. The van der Waals surface area contributed by atoms with Gasteiger partial charge in [-0.3, -0.25) is 29.8 Å². The maximum atomic E-state index is 12.9.